The molecule has 0 radical (unpaired) electrons. The fourth-order valence-electron chi connectivity index (χ4n) is 4.19. The number of carbonyl (C=O) groups is 1. The molecule has 7 atom stereocenters. The molecular weight excluding hydrogens is 440 g/mol. The van der Waals surface area contributed by atoms with Crippen molar-refractivity contribution in [2.75, 3.05) is 6.61 Å². The maximum Gasteiger partial charge on any atom is 0.202 e. The van der Waals surface area contributed by atoms with Crippen LogP contribution in [0.2, 0.25) is 0 Å². The highest BCUT2D eigenvalue weighted by atomic mass is 16.5. The molecule has 2 aliphatic heterocycles. The van der Waals surface area contributed by atoms with Gasteiger partial charge in [-0.05, 0) is 30.2 Å². The van der Waals surface area contributed by atoms with Crippen LogP contribution in [0.25, 0.3) is 0 Å². The summed E-state index contributed by atoms with van der Waals surface area (Å²) >= 11 is 0. The SMILES string of the molecule is Cc1cc([C@@H]2Oc3cc(O)c(C4OC(CO)C(O)C(O)C4O)c(O)c3C(=O)[C@H]2O)ccc1O. The van der Waals surface area contributed by atoms with E-state index in [2.05, 4.69) is 0 Å². The summed E-state index contributed by atoms with van der Waals surface area (Å²) in [6.45, 7) is 0.886. The zero-order chi connectivity index (χ0) is 24.2. The van der Waals surface area contributed by atoms with Crippen LogP contribution in [0.5, 0.6) is 23.0 Å². The molecule has 0 amide bonds. The lowest BCUT2D eigenvalue weighted by atomic mass is 9.86. The molecule has 178 valence electrons. The second kappa shape index (κ2) is 8.45. The van der Waals surface area contributed by atoms with E-state index in [0.29, 0.717) is 11.1 Å². The molecule has 2 aliphatic rings. The standard InChI is InChI=1S/C22H24O11/c1-7-4-8(2-3-9(7)24)21-19(30)17(28)14-11(32-21)5-10(25)13(16(14)27)22-20(31)18(29)15(26)12(6-23)33-22/h2-5,12,15,18-27,29-31H,6H2,1H3/t12?,15?,18?,19-,20?,21+,22?/m1/s1. The van der Waals surface area contributed by atoms with Crippen molar-refractivity contribution in [1.82, 2.24) is 0 Å². The molecule has 5 unspecified atom stereocenters. The Balaban J connectivity index is 1.77. The minimum Gasteiger partial charge on any atom is -0.508 e. The number of aliphatic hydroxyl groups is 5. The minimum absolute atomic E-state index is 0.00948. The number of benzene rings is 2. The van der Waals surface area contributed by atoms with Crippen molar-refractivity contribution < 1.29 is 55.1 Å². The van der Waals surface area contributed by atoms with E-state index in [9.17, 15) is 45.6 Å². The van der Waals surface area contributed by atoms with Gasteiger partial charge in [-0.3, -0.25) is 4.79 Å². The molecule has 0 aliphatic carbocycles. The Morgan fingerprint density at radius 1 is 0.909 bits per heavy atom. The summed E-state index contributed by atoms with van der Waals surface area (Å²) in [5, 5.41) is 81.5. The van der Waals surface area contributed by atoms with Crippen molar-refractivity contribution in [3.05, 3.63) is 46.5 Å². The third kappa shape index (κ3) is 3.68. The highest BCUT2D eigenvalue weighted by molar-refractivity contribution is 6.06. The Morgan fingerprint density at radius 3 is 2.24 bits per heavy atom. The van der Waals surface area contributed by atoms with Crippen molar-refractivity contribution in [3.8, 4) is 23.0 Å². The first-order valence-electron chi connectivity index (χ1n) is 10.1. The van der Waals surface area contributed by atoms with E-state index in [4.69, 9.17) is 9.47 Å². The van der Waals surface area contributed by atoms with Gasteiger partial charge in [0.15, 0.2) is 12.2 Å². The number of hydrogen-bond donors (Lipinski definition) is 8. The zero-order valence-electron chi connectivity index (χ0n) is 17.4. The van der Waals surface area contributed by atoms with Crippen LogP contribution in [-0.4, -0.2) is 83.8 Å². The van der Waals surface area contributed by atoms with Gasteiger partial charge in [-0.2, -0.15) is 0 Å². The molecule has 0 spiro atoms. The molecule has 11 nitrogen and oxygen atoms in total. The zero-order valence-corrected chi connectivity index (χ0v) is 17.4. The summed E-state index contributed by atoms with van der Waals surface area (Å²) in [5.41, 5.74) is -0.105. The molecule has 0 bridgehead atoms. The average Bonchev–Trinajstić information content (AvgIpc) is 2.77. The Morgan fingerprint density at radius 2 is 1.61 bits per heavy atom. The van der Waals surface area contributed by atoms with Gasteiger partial charge in [-0.1, -0.05) is 6.07 Å². The van der Waals surface area contributed by atoms with E-state index in [0.717, 1.165) is 6.07 Å². The predicted molar refractivity (Wildman–Crippen MR) is 109 cm³/mol. The molecule has 2 heterocycles. The number of phenols is 3. The predicted octanol–water partition coefficient (Wildman–Crippen LogP) is -0.696. The largest absolute Gasteiger partial charge is 0.508 e. The molecular formula is C22H24O11. The van der Waals surface area contributed by atoms with Crippen LogP contribution >= 0.6 is 0 Å². The number of ketones is 1. The van der Waals surface area contributed by atoms with Gasteiger partial charge in [0.2, 0.25) is 5.78 Å². The van der Waals surface area contributed by atoms with Crippen molar-refractivity contribution in [2.45, 2.75) is 49.7 Å². The van der Waals surface area contributed by atoms with Crippen molar-refractivity contribution >= 4 is 5.78 Å². The fraction of sp³-hybridized carbons (Fsp3) is 0.409. The number of Topliss-reactive ketones (excluding diaryl/α,β-unsaturated/α-hetero) is 1. The Labute approximate surface area is 187 Å². The Kier molecular flexibility index (Phi) is 5.95. The summed E-state index contributed by atoms with van der Waals surface area (Å²) in [6.07, 6.45) is -11.1. The number of aliphatic hydroxyl groups excluding tert-OH is 5. The average molecular weight is 464 g/mol. The van der Waals surface area contributed by atoms with Gasteiger partial charge in [-0.25, -0.2) is 0 Å². The van der Waals surface area contributed by atoms with Crippen LogP contribution in [0.15, 0.2) is 24.3 Å². The van der Waals surface area contributed by atoms with Gasteiger partial charge >= 0.3 is 0 Å². The third-order valence-electron chi connectivity index (χ3n) is 6.06. The second-order valence-electron chi connectivity index (χ2n) is 8.17. The monoisotopic (exact) mass is 464 g/mol. The number of rotatable bonds is 3. The summed E-state index contributed by atoms with van der Waals surface area (Å²) < 4.78 is 11.1. The number of phenolic OH excluding ortho intramolecular Hbond substituents is 3. The lowest BCUT2D eigenvalue weighted by Crippen LogP contribution is -2.55. The van der Waals surface area contributed by atoms with E-state index in [1.165, 1.54) is 18.2 Å². The highest BCUT2D eigenvalue weighted by Gasteiger charge is 2.48. The molecule has 1 fully saturated rings. The van der Waals surface area contributed by atoms with Gasteiger partial charge in [0.1, 0.15) is 59.1 Å². The number of fused-ring (bicyclic) bond motifs is 1. The maximum atomic E-state index is 13.0. The Bertz CT molecular complexity index is 1080. The topological polar surface area (TPSA) is 197 Å². The van der Waals surface area contributed by atoms with Crippen LogP contribution in [0, 0.1) is 6.92 Å². The van der Waals surface area contributed by atoms with Gasteiger partial charge in [0.05, 0.1) is 12.2 Å². The van der Waals surface area contributed by atoms with Crippen LogP contribution in [-0.2, 0) is 4.74 Å². The van der Waals surface area contributed by atoms with E-state index >= 15 is 0 Å². The van der Waals surface area contributed by atoms with E-state index in [-0.39, 0.29) is 11.5 Å². The molecule has 2 aromatic rings. The van der Waals surface area contributed by atoms with Crippen LogP contribution in [0.3, 0.4) is 0 Å². The van der Waals surface area contributed by atoms with Gasteiger partial charge in [-0.15, -0.1) is 0 Å². The summed E-state index contributed by atoms with van der Waals surface area (Å²) in [4.78, 5) is 13.0. The number of ether oxygens (including phenoxy) is 2. The van der Waals surface area contributed by atoms with Crippen molar-refractivity contribution in [1.29, 1.82) is 0 Å². The molecule has 1 saturated heterocycles. The lowest BCUT2D eigenvalue weighted by molar-refractivity contribution is -0.232. The van der Waals surface area contributed by atoms with Crippen LogP contribution in [0.1, 0.15) is 39.3 Å². The molecule has 0 saturated carbocycles. The lowest BCUT2D eigenvalue weighted by Gasteiger charge is -2.41. The fourth-order valence-corrected chi connectivity index (χ4v) is 4.19. The number of aryl methyl sites for hydroxylation is 1. The third-order valence-corrected chi connectivity index (χ3v) is 6.06. The Hall–Kier alpha value is -2.93. The molecule has 4 rings (SSSR count). The molecule has 11 heteroatoms. The quantitative estimate of drug-likeness (QED) is 0.286. The van der Waals surface area contributed by atoms with Crippen molar-refractivity contribution in [3.63, 3.8) is 0 Å². The smallest absolute Gasteiger partial charge is 0.202 e. The number of hydrogen-bond acceptors (Lipinski definition) is 11. The minimum atomic E-state index is -1.82. The normalized spacial score (nSPS) is 31.7. The summed E-state index contributed by atoms with van der Waals surface area (Å²) in [5.74, 6) is -2.67. The van der Waals surface area contributed by atoms with E-state index in [1.807, 2.05) is 0 Å². The van der Waals surface area contributed by atoms with Crippen LogP contribution in [0.4, 0.5) is 0 Å². The summed E-state index contributed by atoms with van der Waals surface area (Å²) in [6, 6.07) is 5.34. The van der Waals surface area contributed by atoms with Crippen LogP contribution < -0.4 is 4.74 Å². The van der Waals surface area contributed by atoms with Crippen molar-refractivity contribution in [2.24, 2.45) is 0 Å². The molecule has 2 aromatic carbocycles. The molecule has 0 aromatic heterocycles. The first-order valence-corrected chi connectivity index (χ1v) is 10.1. The van der Waals surface area contributed by atoms with Gasteiger partial charge < -0.3 is 50.3 Å². The second-order valence-corrected chi connectivity index (χ2v) is 8.17. The van der Waals surface area contributed by atoms with Gasteiger partial charge in [0, 0.05) is 6.07 Å². The molecule has 8 N–H and O–H groups in total. The number of carbonyl (C=O) groups excluding carboxylic acids is 1. The molecule has 33 heavy (non-hydrogen) atoms. The van der Waals surface area contributed by atoms with Gasteiger partial charge in [0.25, 0.3) is 0 Å². The van der Waals surface area contributed by atoms with E-state index < -0.39 is 77.7 Å². The summed E-state index contributed by atoms with van der Waals surface area (Å²) in [7, 11) is 0. The maximum absolute atomic E-state index is 13.0. The first-order chi connectivity index (χ1) is 15.6. The van der Waals surface area contributed by atoms with E-state index in [1.54, 1.807) is 6.92 Å². The highest BCUT2D eigenvalue weighted by Crippen LogP contribution is 2.49. The number of aromatic hydroxyl groups is 3. The first kappa shape index (κ1) is 23.2.